The molecule has 1 amide bonds. The van der Waals surface area contributed by atoms with Crippen LogP contribution in [-0.4, -0.2) is 81.3 Å². The summed E-state index contributed by atoms with van der Waals surface area (Å²) in [5.41, 5.74) is -1.62. The monoisotopic (exact) mass is 381 g/mol. The number of hydrogen-bond acceptors (Lipinski definition) is 7. The molecule has 0 bridgehead atoms. The molecule has 0 aromatic carbocycles. The van der Waals surface area contributed by atoms with E-state index in [1.165, 1.54) is 6.92 Å². The van der Waals surface area contributed by atoms with Crippen LogP contribution in [0, 0.1) is 11.3 Å². The van der Waals surface area contributed by atoms with Crippen molar-refractivity contribution in [3.63, 3.8) is 0 Å². The van der Waals surface area contributed by atoms with Crippen LogP contribution in [0.5, 0.6) is 0 Å². The van der Waals surface area contributed by atoms with Gasteiger partial charge in [0.05, 0.1) is 68.4 Å². The lowest BCUT2D eigenvalue weighted by molar-refractivity contribution is -0.889. The maximum atomic E-state index is 12.1. The maximum Gasteiger partial charge on any atom is 0.226 e. The quantitative estimate of drug-likeness (QED) is 0.421. The Morgan fingerprint density at radius 2 is 2.00 bits per heavy atom. The average Bonchev–Trinajstić information content (AvgIpc) is 2.64. The van der Waals surface area contributed by atoms with Gasteiger partial charge in [0.25, 0.3) is 0 Å². The first kappa shape index (κ1) is 20.8. The summed E-state index contributed by atoms with van der Waals surface area (Å²) in [6, 6.07) is 2.02. The lowest BCUT2D eigenvalue weighted by Crippen LogP contribution is -2.57. The van der Waals surface area contributed by atoms with Gasteiger partial charge in [0.15, 0.2) is 9.84 Å². The van der Waals surface area contributed by atoms with Crippen molar-refractivity contribution in [2.45, 2.75) is 30.6 Å². The predicted molar refractivity (Wildman–Crippen MR) is 85.4 cm³/mol. The first-order valence-corrected chi connectivity index (χ1v) is 10.7. The van der Waals surface area contributed by atoms with Gasteiger partial charge in [-0.1, -0.05) is 0 Å². The Balaban J connectivity index is 2.79. The maximum absolute atomic E-state index is 12.1. The van der Waals surface area contributed by atoms with E-state index in [-0.39, 0.29) is 6.42 Å². The van der Waals surface area contributed by atoms with Gasteiger partial charge in [0.1, 0.15) is 10.1 Å². The van der Waals surface area contributed by atoms with E-state index in [9.17, 15) is 26.2 Å². The second-order valence-corrected chi connectivity index (χ2v) is 10.7. The Bertz CT molecular complexity index is 738. The molecule has 0 aromatic heterocycles. The predicted octanol–water partition coefficient (Wildman–Crippen LogP) is -1.42. The van der Waals surface area contributed by atoms with Crippen molar-refractivity contribution in [1.82, 2.24) is 5.32 Å². The van der Waals surface area contributed by atoms with E-state index in [4.69, 9.17) is 5.26 Å². The molecular weight excluding hydrogens is 358 g/mol. The topological polar surface area (TPSA) is 144 Å². The van der Waals surface area contributed by atoms with Crippen molar-refractivity contribution in [2.24, 2.45) is 0 Å². The Morgan fingerprint density at radius 1 is 1.42 bits per heavy atom. The third-order valence-corrected chi connectivity index (χ3v) is 7.66. The van der Waals surface area contributed by atoms with E-state index in [1.807, 2.05) is 20.2 Å². The van der Waals surface area contributed by atoms with Crippen LogP contribution >= 0.6 is 0 Å². The van der Waals surface area contributed by atoms with Crippen LogP contribution in [0.15, 0.2) is 0 Å². The Hall–Kier alpha value is -1.22. The normalized spacial score (nSPS) is 26.7. The summed E-state index contributed by atoms with van der Waals surface area (Å²) in [7, 11) is -4.90. The molecule has 0 aliphatic carbocycles. The molecule has 11 heteroatoms. The van der Waals surface area contributed by atoms with Gasteiger partial charge in [0, 0.05) is 0 Å². The van der Waals surface area contributed by atoms with E-state index >= 15 is 0 Å². The van der Waals surface area contributed by atoms with Crippen LogP contribution in [0.3, 0.4) is 0 Å². The van der Waals surface area contributed by atoms with Gasteiger partial charge >= 0.3 is 0 Å². The summed E-state index contributed by atoms with van der Waals surface area (Å²) in [6.45, 7) is 2.21. The molecule has 2 unspecified atom stereocenters. The van der Waals surface area contributed by atoms with Crippen LogP contribution in [0.25, 0.3) is 0 Å². The SMILES string of the molecule is CC1(NC(=O)CC[N+](C)(C)CCC#N)CS(=O)(=O)CC1S(=O)(=O)[O-]. The molecule has 0 aromatic rings. The second kappa shape index (κ2) is 6.95. The van der Waals surface area contributed by atoms with Gasteiger partial charge < -0.3 is 14.4 Å². The van der Waals surface area contributed by atoms with Crippen LogP contribution < -0.4 is 5.32 Å². The van der Waals surface area contributed by atoms with Gasteiger partial charge in [-0.3, -0.25) is 4.79 Å². The van der Waals surface area contributed by atoms with Crippen molar-refractivity contribution in [3.8, 4) is 6.07 Å². The molecule has 0 spiro atoms. The molecule has 1 heterocycles. The smallest absolute Gasteiger partial charge is 0.226 e. The Morgan fingerprint density at radius 3 is 2.50 bits per heavy atom. The van der Waals surface area contributed by atoms with Gasteiger partial charge in [-0.15, -0.1) is 0 Å². The number of nitrogens with one attached hydrogen (secondary N) is 1. The van der Waals surface area contributed by atoms with Gasteiger partial charge in [-0.2, -0.15) is 5.26 Å². The summed E-state index contributed by atoms with van der Waals surface area (Å²) < 4.78 is 57.9. The number of carbonyl (C=O) groups excluding carboxylic acids is 1. The lowest BCUT2D eigenvalue weighted by atomic mass is 10.0. The fourth-order valence-corrected chi connectivity index (χ4v) is 7.10. The number of quaternary nitrogens is 1. The standard InChI is InChI=1S/C13H23N3O6S2/c1-13(10-23(18,19)9-11(13)24(20,21)22)15-12(17)5-8-16(2,3)7-4-6-14/h11H,4-5,7-10H2,1-3H3,(H-,15,17,20,21,22). The van der Waals surface area contributed by atoms with E-state index in [0.717, 1.165) is 0 Å². The summed E-state index contributed by atoms with van der Waals surface area (Å²) in [5.74, 6) is -1.88. The van der Waals surface area contributed by atoms with E-state index < -0.39 is 48.2 Å². The fraction of sp³-hybridized carbons (Fsp3) is 0.846. The summed E-state index contributed by atoms with van der Waals surface area (Å²) in [4.78, 5) is 12.1. The zero-order valence-corrected chi connectivity index (χ0v) is 15.6. The highest BCUT2D eigenvalue weighted by molar-refractivity contribution is 7.94. The highest BCUT2D eigenvalue weighted by Gasteiger charge is 2.51. The van der Waals surface area contributed by atoms with Gasteiger partial charge in [-0.25, -0.2) is 16.8 Å². The number of amides is 1. The Kier molecular flexibility index (Phi) is 6.03. The number of hydrogen-bond donors (Lipinski definition) is 1. The van der Waals surface area contributed by atoms with Crippen molar-refractivity contribution < 1.29 is 30.7 Å². The number of nitrogens with zero attached hydrogens (tertiary/aromatic N) is 2. The lowest BCUT2D eigenvalue weighted by Gasteiger charge is -2.33. The van der Waals surface area contributed by atoms with Crippen molar-refractivity contribution >= 4 is 25.9 Å². The van der Waals surface area contributed by atoms with E-state index in [0.29, 0.717) is 24.0 Å². The van der Waals surface area contributed by atoms with Gasteiger partial charge in [0.2, 0.25) is 5.91 Å². The molecule has 0 radical (unpaired) electrons. The minimum atomic E-state index is -4.87. The van der Waals surface area contributed by atoms with Crippen molar-refractivity contribution in [3.05, 3.63) is 0 Å². The number of sulfone groups is 1. The van der Waals surface area contributed by atoms with Crippen molar-refractivity contribution in [2.75, 3.05) is 38.7 Å². The molecule has 2 atom stereocenters. The second-order valence-electron chi connectivity index (χ2n) is 7.04. The minimum absolute atomic E-state index is 0.0275. The molecule has 1 aliphatic heterocycles. The fourth-order valence-electron chi connectivity index (χ4n) is 2.79. The third kappa shape index (κ3) is 5.70. The molecule has 138 valence electrons. The van der Waals surface area contributed by atoms with Crippen LogP contribution in [0.4, 0.5) is 0 Å². The first-order valence-electron chi connectivity index (χ1n) is 7.36. The molecule has 1 rings (SSSR count). The average molecular weight is 381 g/mol. The van der Waals surface area contributed by atoms with E-state index in [2.05, 4.69) is 5.32 Å². The molecule has 1 N–H and O–H groups in total. The molecule has 1 aliphatic rings. The molecule has 1 saturated heterocycles. The van der Waals surface area contributed by atoms with E-state index in [1.54, 1.807) is 0 Å². The number of rotatable bonds is 7. The molecular formula is C13H23N3O6S2. The minimum Gasteiger partial charge on any atom is -0.748 e. The molecule has 1 fully saturated rings. The largest absolute Gasteiger partial charge is 0.748 e. The Labute approximate surface area is 142 Å². The number of carbonyl (C=O) groups is 1. The molecule has 0 saturated carbocycles. The highest BCUT2D eigenvalue weighted by Crippen LogP contribution is 2.28. The summed E-state index contributed by atoms with van der Waals surface area (Å²) in [5, 5.41) is 9.33. The zero-order chi connectivity index (χ0) is 18.8. The first-order chi connectivity index (χ1) is 10.7. The molecule has 9 nitrogen and oxygen atoms in total. The number of nitriles is 1. The van der Waals surface area contributed by atoms with Gasteiger partial charge in [-0.05, 0) is 6.92 Å². The zero-order valence-electron chi connectivity index (χ0n) is 14.0. The van der Waals surface area contributed by atoms with Crippen molar-refractivity contribution in [1.29, 1.82) is 5.26 Å². The molecule has 24 heavy (non-hydrogen) atoms. The third-order valence-electron chi connectivity index (χ3n) is 4.18. The summed E-state index contributed by atoms with van der Waals surface area (Å²) in [6.07, 6.45) is 0.362. The van der Waals surface area contributed by atoms with Crippen LogP contribution in [0.1, 0.15) is 19.8 Å². The van der Waals surface area contributed by atoms with Crippen LogP contribution in [-0.2, 0) is 24.7 Å². The summed E-state index contributed by atoms with van der Waals surface area (Å²) >= 11 is 0. The highest BCUT2D eigenvalue weighted by atomic mass is 32.2. The van der Waals surface area contributed by atoms with Crippen LogP contribution in [0.2, 0.25) is 0 Å².